The highest BCUT2D eigenvalue weighted by Gasteiger charge is 2.18. The van der Waals surface area contributed by atoms with Crippen LogP contribution in [0.25, 0.3) is 0 Å². The maximum absolute atomic E-state index is 12.1. The number of carbonyl (C=O) groups is 2. The minimum atomic E-state index is -1.16. The summed E-state index contributed by atoms with van der Waals surface area (Å²) in [7, 11) is 3.03. The molecule has 0 spiro atoms. The van der Waals surface area contributed by atoms with Crippen molar-refractivity contribution in [3.63, 3.8) is 0 Å². The number of nitrogens with zero attached hydrogens (tertiary/aromatic N) is 1. The van der Waals surface area contributed by atoms with Gasteiger partial charge in [-0.2, -0.15) is 0 Å². The fraction of sp³-hybridized carbons (Fsp3) is 0.545. The number of benzene rings is 1. The minimum Gasteiger partial charge on any atom is -0.465 e. The van der Waals surface area contributed by atoms with Crippen molar-refractivity contribution in [3.8, 4) is 0 Å². The van der Waals surface area contributed by atoms with Crippen LogP contribution in [0.15, 0.2) is 23.2 Å². The zero-order valence-electron chi connectivity index (χ0n) is 19.9. The summed E-state index contributed by atoms with van der Waals surface area (Å²) in [6.45, 7) is 4.62. The fourth-order valence-electron chi connectivity index (χ4n) is 2.92. The number of nitrogens with two attached hydrogens (primary N) is 2. The normalized spacial score (nSPS) is 12.3. The molecule has 0 heterocycles. The number of rotatable bonds is 15. The summed E-state index contributed by atoms with van der Waals surface area (Å²) >= 11 is 12.0. The van der Waals surface area contributed by atoms with E-state index >= 15 is 0 Å². The first-order valence-electron chi connectivity index (χ1n) is 11.2. The number of carbonyl (C=O) groups excluding carboxylic acids is 2. The Labute approximate surface area is 224 Å². The van der Waals surface area contributed by atoms with E-state index in [4.69, 9.17) is 49.6 Å². The summed E-state index contributed by atoms with van der Waals surface area (Å²) in [6, 6.07) is 4.80. The van der Waals surface area contributed by atoms with Gasteiger partial charge in [0, 0.05) is 17.1 Å². The van der Waals surface area contributed by atoms with Gasteiger partial charge in [0.1, 0.15) is 19.4 Å². The standard InChI is InChI=1S/C22H33Cl2N5O4S2/c1-3-6-14(7-4-2)20(30)32-10-12-34-35-13-11-33-22(31)29-21(27)28-19(26)18(25)15-8-5-9-16(23)17(15)24/h5,8-9,14,19,25H,3-4,6-7,10-13,26H2,1-2H3,(H3,27,28,29,31). The Balaban J connectivity index is 2.25. The Hall–Kier alpha value is -1.66. The molecule has 1 amide bonds. The van der Waals surface area contributed by atoms with E-state index in [9.17, 15) is 9.59 Å². The highest BCUT2D eigenvalue weighted by molar-refractivity contribution is 8.76. The number of alkyl carbamates (subject to hydrolysis) is 1. The number of halogens is 2. The molecule has 0 fully saturated rings. The Kier molecular flexibility index (Phi) is 15.9. The number of guanidine groups is 1. The lowest BCUT2D eigenvalue weighted by atomic mass is 9.99. The molecule has 1 atom stereocenters. The second kappa shape index (κ2) is 17.7. The monoisotopic (exact) mass is 565 g/mol. The molecule has 0 saturated carbocycles. The molecule has 0 aliphatic carbocycles. The van der Waals surface area contributed by atoms with E-state index in [1.807, 2.05) is 0 Å². The van der Waals surface area contributed by atoms with Crippen molar-refractivity contribution >= 4 is 68.5 Å². The van der Waals surface area contributed by atoms with Gasteiger partial charge in [0.25, 0.3) is 0 Å². The van der Waals surface area contributed by atoms with Gasteiger partial charge in [-0.15, -0.1) is 0 Å². The third kappa shape index (κ3) is 12.2. The van der Waals surface area contributed by atoms with Crippen LogP contribution in [0.3, 0.4) is 0 Å². The average molecular weight is 567 g/mol. The van der Waals surface area contributed by atoms with Crippen molar-refractivity contribution in [2.75, 3.05) is 24.7 Å². The summed E-state index contributed by atoms with van der Waals surface area (Å²) < 4.78 is 10.4. The van der Waals surface area contributed by atoms with E-state index in [-0.39, 0.29) is 40.2 Å². The Morgan fingerprint density at radius 3 is 2.31 bits per heavy atom. The number of aliphatic imine (C=N–C) groups is 1. The Morgan fingerprint density at radius 2 is 1.71 bits per heavy atom. The number of amides is 1. The molecule has 9 nitrogen and oxygen atoms in total. The molecule has 0 aromatic heterocycles. The quantitative estimate of drug-likeness (QED) is 0.0775. The lowest BCUT2D eigenvalue weighted by molar-refractivity contribution is -0.148. The van der Waals surface area contributed by atoms with Crippen molar-refractivity contribution in [1.29, 1.82) is 5.41 Å². The Bertz CT molecular complexity index is 870. The predicted octanol–water partition coefficient (Wildman–Crippen LogP) is 4.83. The number of ether oxygens (including phenoxy) is 2. The zero-order valence-corrected chi connectivity index (χ0v) is 23.0. The van der Waals surface area contributed by atoms with E-state index in [1.165, 1.54) is 21.6 Å². The molecule has 1 rings (SSSR count). The Morgan fingerprint density at radius 1 is 1.11 bits per heavy atom. The molecule has 1 aromatic rings. The molecule has 1 unspecified atom stereocenters. The van der Waals surface area contributed by atoms with Gasteiger partial charge in [-0.25, -0.2) is 9.79 Å². The summed E-state index contributed by atoms with van der Waals surface area (Å²) in [5.41, 5.74) is 11.8. The van der Waals surface area contributed by atoms with Crippen LogP contribution in [-0.2, 0) is 14.3 Å². The maximum Gasteiger partial charge on any atom is 0.413 e. The van der Waals surface area contributed by atoms with Crippen LogP contribution in [0.5, 0.6) is 0 Å². The van der Waals surface area contributed by atoms with Gasteiger partial charge in [-0.1, -0.05) is 83.6 Å². The SMILES string of the molecule is CCCC(CCC)C(=O)OCCSSCCOC(=O)NC(N)=NC(N)C(=N)c1cccc(Cl)c1Cl. The molecule has 1 aromatic carbocycles. The van der Waals surface area contributed by atoms with Gasteiger partial charge in [0.15, 0.2) is 5.96 Å². The van der Waals surface area contributed by atoms with E-state index in [0.29, 0.717) is 23.7 Å². The predicted molar refractivity (Wildman–Crippen MR) is 147 cm³/mol. The van der Waals surface area contributed by atoms with Gasteiger partial charge in [0.2, 0.25) is 0 Å². The maximum atomic E-state index is 12.1. The minimum absolute atomic E-state index is 0.0136. The van der Waals surface area contributed by atoms with Crippen LogP contribution < -0.4 is 16.8 Å². The van der Waals surface area contributed by atoms with Gasteiger partial charge >= 0.3 is 12.1 Å². The number of hydrogen-bond donors (Lipinski definition) is 4. The van der Waals surface area contributed by atoms with Crippen molar-refractivity contribution < 1.29 is 19.1 Å². The number of nitrogens with one attached hydrogen (secondary N) is 2. The number of esters is 1. The van der Waals surface area contributed by atoms with Crippen molar-refractivity contribution in [1.82, 2.24) is 5.32 Å². The second-order valence-electron chi connectivity index (χ2n) is 7.32. The van der Waals surface area contributed by atoms with Crippen molar-refractivity contribution in [2.45, 2.75) is 45.7 Å². The van der Waals surface area contributed by atoms with Crippen LogP contribution in [0, 0.1) is 11.3 Å². The average Bonchev–Trinajstić information content (AvgIpc) is 2.81. The van der Waals surface area contributed by atoms with Crippen molar-refractivity contribution in [2.24, 2.45) is 22.4 Å². The van der Waals surface area contributed by atoms with Gasteiger partial charge < -0.3 is 26.4 Å². The first kappa shape index (κ1) is 31.4. The molecule has 13 heteroatoms. The molecular formula is C22H33Cl2N5O4S2. The molecule has 0 aliphatic rings. The molecule has 35 heavy (non-hydrogen) atoms. The van der Waals surface area contributed by atoms with Crippen molar-refractivity contribution in [3.05, 3.63) is 33.8 Å². The van der Waals surface area contributed by atoms with Gasteiger partial charge in [-0.3, -0.25) is 10.1 Å². The smallest absolute Gasteiger partial charge is 0.413 e. The molecule has 0 aliphatic heterocycles. The second-order valence-corrected chi connectivity index (χ2v) is 10.8. The molecular weight excluding hydrogens is 533 g/mol. The molecule has 0 radical (unpaired) electrons. The summed E-state index contributed by atoms with van der Waals surface area (Å²) in [6.07, 6.45) is 1.69. The number of hydrogen-bond acceptors (Lipinski definition) is 9. The molecule has 6 N–H and O–H groups in total. The van der Waals surface area contributed by atoms with Crippen LogP contribution in [-0.4, -0.2) is 54.6 Å². The van der Waals surface area contributed by atoms with E-state index in [1.54, 1.807) is 18.2 Å². The van der Waals surface area contributed by atoms with Gasteiger partial charge in [-0.05, 0) is 18.9 Å². The third-order valence-electron chi connectivity index (χ3n) is 4.55. The lowest BCUT2D eigenvalue weighted by Gasteiger charge is -2.14. The first-order valence-corrected chi connectivity index (χ1v) is 14.4. The summed E-state index contributed by atoms with van der Waals surface area (Å²) in [5, 5.41) is 10.8. The van der Waals surface area contributed by atoms with Crippen LogP contribution in [0.1, 0.15) is 45.1 Å². The largest absolute Gasteiger partial charge is 0.465 e. The zero-order chi connectivity index (χ0) is 26.2. The first-order chi connectivity index (χ1) is 16.7. The van der Waals surface area contributed by atoms with Crippen LogP contribution in [0.2, 0.25) is 10.0 Å². The highest BCUT2D eigenvalue weighted by atomic mass is 35.5. The summed E-state index contributed by atoms with van der Waals surface area (Å²) in [4.78, 5) is 27.8. The highest BCUT2D eigenvalue weighted by Crippen LogP contribution is 2.26. The molecule has 196 valence electrons. The topological polar surface area (TPSA) is 153 Å². The third-order valence-corrected chi connectivity index (χ3v) is 7.70. The van der Waals surface area contributed by atoms with Gasteiger partial charge in [0.05, 0.1) is 21.7 Å². The lowest BCUT2D eigenvalue weighted by Crippen LogP contribution is -2.41. The molecule has 0 saturated heterocycles. The molecule has 0 bridgehead atoms. The van der Waals surface area contributed by atoms with E-state index < -0.39 is 12.3 Å². The van der Waals surface area contributed by atoms with E-state index in [2.05, 4.69) is 24.2 Å². The van der Waals surface area contributed by atoms with E-state index in [0.717, 1.165) is 25.7 Å². The van der Waals surface area contributed by atoms with Crippen LogP contribution in [0.4, 0.5) is 4.79 Å². The van der Waals surface area contributed by atoms with Crippen LogP contribution >= 0.6 is 44.8 Å². The summed E-state index contributed by atoms with van der Waals surface area (Å²) in [5.74, 6) is 0.755. The fourth-order valence-corrected chi connectivity index (χ4v) is 4.97.